The summed E-state index contributed by atoms with van der Waals surface area (Å²) in [4.78, 5) is 11.6. The van der Waals surface area contributed by atoms with Crippen LogP contribution in [0.15, 0.2) is 29.2 Å². The van der Waals surface area contributed by atoms with Crippen molar-refractivity contribution in [3.05, 3.63) is 24.3 Å². The Morgan fingerprint density at radius 3 is 2.21 bits per heavy atom. The molecule has 0 unspecified atom stereocenters. The largest absolute Gasteiger partial charge is 0.497 e. The van der Waals surface area contributed by atoms with Crippen LogP contribution in [0.25, 0.3) is 0 Å². The molecule has 0 N–H and O–H groups in total. The highest BCUT2D eigenvalue weighted by Crippen LogP contribution is 2.20. The van der Waals surface area contributed by atoms with E-state index in [2.05, 4.69) is 4.74 Å². The zero-order chi connectivity index (χ0) is 14.5. The van der Waals surface area contributed by atoms with E-state index in [0.29, 0.717) is 12.2 Å². The van der Waals surface area contributed by atoms with Gasteiger partial charge in [-0.15, -0.1) is 0 Å². The second kappa shape index (κ2) is 6.56. The molecule has 0 spiro atoms. The van der Waals surface area contributed by atoms with Gasteiger partial charge in [0.05, 0.1) is 30.8 Å². The van der Waals surface area contributed by atoms with Crippen LogP contribution in [-0.2, 0) is 19.4 Å². The van der Waals surface area contributed by atoms with Crippen molar-refractivity contribution in [3.8, 4) is 5.75 Å². The van der Waals surface area contributed by atoms with E-state index in [1.807, 2.05) is 0 Å². The van der Waals surface area contributed by atoms with Crippen molar-refractivity contribution in [1.82, 2.24) is 0 Å². The molecule has 1 atom stereocenters. The maximum atomic E-state index is 12.2. The summed E-state index contributed by atoms with van der Waals surface area (Å²) in [5.41, 5.74) is 0. The zero-order valence-corrected chi connectivity index (χ0v) is 12.1. The number of methoxy groups -OCH3 is 2. The second-order valence-corrected chi connectivity index (χ2v) is 6.12. The number of sulfone groups is 1. The Hall–Kier alpha value is -1.56. The first-order chi connectivity index (χ1) is 8.94. The summed E-state index contributed by atoms with van der Waals surface area (Å²) in [6.07, 6.45) is 0.419. The second-order valence-electron chi connectivity index (χ2n) is 4.09. The Kier molecular flexibility index (Phi) is 5.35. The molecule has 0 amide bonds. The fourth-order valence-electron chi connectivity index (χ4n) is 1.66. The predicted octanol–water partition coefficient (Wildman–Crippen LogP) is 1.67. The molecule has 1 aromatic carbocycles. The van der Waals surface area contributed by atoms with Crippen molar-refractivity contribution in [2.75, 3.05) is 20.0 Å². The fourth-order valence-corrected chi connectivity index (χ4v) is 3.31. The molecule has 0 radical (unpaired) electrons. The zero-order valence-electron chi connectivity index (χ0n) is 11.3. The lowest BCUT2D eigenvalue weighted by molar-refractivity contribution is -0.144. The number of ether oxygens (including phenoxy) is 2. The maximum Gasteiger partial charge on any atom is 0.309 e. The van der Waals surface area contributed by atoms with Gasteiger partial charge in [-0.25, -0.2) is 8.42 Å². The molecule has 1 aromatic rings. The fraction of sp³-hybridized carbons (Fsp3) is 0.462. The number of rotatable bonds is 6. The van der Waals surface area contributed by atoms with Crippen LogP contribution in [0.1, 0.15) is 13.3 Å². The lowest BCUT2D eigenvalue weighted by Gasteiger charge is -2.13. The van der Waals surface area contributed by atoms with E-state index in [4.69, 9.17) is 4.74 Å². The quantitative estimate of drug-likeness (QED) is 0.744. The third-order valence-corrected chi connectivity index (χ3v) is 4.70. The van der Waals surface area contributed by atoms with Gasteiger partial charge in [0.25, 0.3) is 0 Å². The molecule has 0 fully saturated rings. The van der Waals surface area contributed by atoms with Crippen LogP contribution in [0, 0.1) is 5.92 Å². The lowest BCUT2D eigenvalue weighted by Crippen LogP contribution is -2.24. The summed E-state index contributed by atoms with van der Waals surface area (Å²) >= 11 is 0. The normalized spacial score (nSPS) is 12.8. The van der Waals surface area contributed by atoms with Crippen molar-refractivity contribution in [2.24, 2.45) is 5.92 Å². The smallest absolute Gasteiger partial charge is 0.309 e. The molecule has 1 rings (SSSR count). The number of esters is 1. The SMILES string of the molecule is CC[C@@H](CS(=O)(=O)c1ccc(OC)cc1)C(=O)OC. The van der Waals surface area contributed by atoms with E-state index < -0.39 is 21.7 Å². The van der Waals surface area contributed by atoms with E-state index in [-0.39, 0.29) is 10.6 Å². The number of hydrogen-bond donors (Lipinski definition) is 0. The minimum atomic E-state index is -3.51. The third-order valence-electron chi connectivity index (χ3n) is 2.87. The molecular weight excluding hydrogens is 268 g/mol. The van der Waals surface area contributed by atoms with E-state index in [9.17, 15) is 13.2 Å². The summed E-state index contributed by atoms with van der Waals surface area (Å²) in [7, 11) is -0.745. The number of carbonyl (C=O) groups excluding carboxylic acids is 1. The lowest BCUT2D eigenvalue weighted by atomic mass is 10.1. The third kappa shape index (κ3) is 3.96. The summed E-state index contributed by atoms with van der Waals surface area (Å²) < 4.78 is 33.9. The molecule has 0 saturated heterocycles. The van der Waals surface area contributed by atoms with Crippen molar-refractivity contribution < 1.29 is 22.7 Å². The Morgan fingerprint density at radius 2 is 1.79 bits per heavy atom. The van der Waals surface area contributed by atoms with Crippen molar-refractivity contribution >= 4 is 15.8 Å². The topological polar surface area (TPSA) is 69.7 Å². The van der Waals surface area contributed by atoms with Crippen molar-refractivity contribution in [2.45, 2.75) is 18.2 Å². The minimum absolute atomic E-state index is 0.177. The summed E-state index contributed by atoms with van der Waals surface area (Å²) in [6.45, 7) is 1.76. The molecule has 106 valence electrons. The van der Waals surface area contributed by atoms with Crippen molar-refractivity contribution in [3.63, 3.8) is 0 Å². The molecule has 19 heavy (non-hydrogen) atoms. The van der Waals surface area contributed by atoms with Crippen LogP contribution in [0.3, 0.4) is 0 Å². The number of benzene rings is 1. The van der Waals surface area contributed by atoms with Gasteiger partial charge < -0.3 is 9.47 Å². The van der Waals surface area contributed by atoms with Crippen LogP contribution < -0.4 is 4.74 Å². The molecular formula is C13H18O5S. The van der Waals surface area contributed by atoms with Crippen LogP contribution in [-0.4, -0.2) is 34.4 Å². The van der Waals surface area contributed by atoms with Crippen LogP contribution in [0.5, 0.6) is 5.75 Å². The molecule has 0 bridgehead atoms. The molecule has 0 aliphatic heterocycles. The Labute approximate surface area is 113 Å². The average Bonchev–Trinajstić information content (AvgIpc) is 2.44. The highest BCUT2D eigenvalue weighted by atomic mass is 32.2. The van der Waals surface area contributed by atoms with E-state index in [1.54, 1.807) is 19.1 Å². The van der Waals surface area contributed by atoms with Gasteiger partial charge in [0.1, 0.15) is 5.75 Å². The maximum absolute atomic E-state index is 12.2. The van der Waals surface area contributed by atoms with Crippen LogP contribution in [0.2, 0.25) is 0 Å². The van der Waals surface area contributed by atoms with Crippen LogP contribution in [0.4, 0.5) is 0 Å². The predicted molar refractivity (Wildman–Crippen MR) is 70.8 cm³/mol. The Bertz CT molecular complexity index is 518. The first kappa shape index (κ1) is 15.5. The molecule has 0 heterocycles. The molecule has 0 aromatic heterocycles. The highest BCUT2D eigenvalue weighted by Gasteiger charge is 2.26. The monoisotopic (exact) mass is 286 g/mol. The first-order valence-corrected chi connectivity index (χ1v) is 7.54. The molecule has 0 aliphatic carbocycles. The van der Waals surface area contributed by atoms with Crippen molar-refractivity contribution in [1.29, 1.82) is 0 Å². The minimum Gasteiger partial charge on any atom is -0.497 e. The van der Waals surface area contributed by atoms with Gasteiger partial charge in [-0.05, 0) is 30.7 Å². The standard InChI is InChI=1S/C13H18O5S/c1-4-10(13(14)18-3)9-19(15,16)12-7-5-11(17-2)6-8-12/h5-8,10H,4,9H2,1-3H3/t10-/m0/s1. The molecule has 6 heteroatoms. The average molecular weight is 286 g/mol. The molecule has 0 saturated carbocycles. The summed E-state index contributed by atoms with van der Waals surface area (Å²) in [6, 6.07) is 6.09. The summed E-state index contributed by atoms with van der Waals surface area (Å²) in [5, 5.41) is 0. The van der Waals surface area contributed by atoms with Gasteiger partial charge in [-0.3, -0.25) is 4.79 Å². The molecule has 5 nitrogen and oxygen atoms in total. The van der Waals surface area contributed by atoms with Gasteiger partial charge >= 0.3 is 5.97 Å². The van der Waals surface area contributed by atoms with Gasteiger partial charge in [0, 0.05) is 0 Å². The van der Waals surface area contributed by atoms with Gasteiger partial charge in [-0.2, -0.15) is 0 Å². The van der Waals surface area contributed by atoms with Gasteiger partial charge in [-0.1, -0.05) is 6.92 Å². The van der Waals surface area contributed by atoms with Gasteiger partial charge in [0.15, 0.2) is 9.84 Å². The van der Waals surface area contributed by atoms with E-state index >= 15 is 0 Å². The first-order valence-electron chi connectivity index (χ1n) is 5.89. The van der Waals surface area contributed by atoms with Crippen LogP contribution >= 0.6 is 0 Å². The van der Waals surface area contributed by atoms with E-state index in [1.165, 1.54) is 26.4 Å². The Balaban J connectivity index is 2.93. The Morgan fingerprint density at radius 1 is 1.21 bits per heavy atom. The highest BCUT2D eigenvalue weighted by molar-refractivity contribution is 7.91. The van der Waals surface area contributed by atoms with Gasteiger partial charge in [0.2, 0.25) is 0 Å². The summed E-state index contributed by atoms with van der Waals surface area (Å²) in [5.74, 6) is -0.807. The van der Waals surface area contributed by atoms with E-state index in [0.717, 1.165) is 0 Å². The molecule has 0 aliphatic rings. The number of hydrogen-bond acceptors (Lipinski definition) is 5. The number of carbonyl (C=O) groups is 1.